The quantitative estimate of drug-likeness (QED) is 0.845. The van der Waals surface area contributed by atoms with E-state index in [4.69, 9.17) is 4.74 Å². The number of methoxy groups -OCH3 is 1. The predicted molar refractivity (Wildman–Crippen MR) is 90.8 cm³/mol. The van der Waals surface area contributed by atoms with Gasteiger partial charge in [-0.25, -0.2) is 4.79 Å². The molecule has 1 amide bonds. The van der Waals surface area contributed by atoms with Crippen LogP contribution in [0.1, 0.15) is 48.7 Å². The van der Waals surface area contributed by atoms with E-state index in [0.717, 1.165) is 4.88 Å². The summed E-state index contributed by atoms with van der Waals surface area (Å²) in [7, 11) is 4.81. The molecule has 0 radical (unpaired) electrons. The Kier molecular flexibility index (Phi) is 6.00. The van der Waals surface area contributed by atoms with Crippen LogP contribution in [-0.2, 0) is 14.9 Å². The zero-order valence-electron chi connectivity index (χ0n) is 14.4. The molecule has 124 valence electrons. The number of likely N-dealkylation sites (N-methyl/N-ethyl adjacent to an activating group) is 1. The van der Waals surface area contributed by atoms with Gasteiger partial charge in [-0.15, -0.1) is 11.3 Å². The molecule has 1 aromatic rings. The number of nitrogens with zero attached hydrogens (tertiary/aromatic N) is 1. The molecule has 22 heavy (non-hydrogen) atoms. The summed E-state index contributed by atoms with van der Waals surface area (Å²) in [6.45, 7) is 8.21. The topological polar surface area (TPSA) is 58.6 Å². The van der Waals surface area contributed by atoms with Gasteiger partial charge in [-0.1, -0.05) is 27.7 Å². The largest absolute Gasteiger partial charge is 0.465 e. The third-order valence-corrected chi connectivity index (χ3v) is 4.86. The van der Waals surface area contributed by atoms with Crippen molar-refractivity contribution in [3.63, 3.8) is 0 Å². The van der Waals surface area contributed by atoms with Crippen LogP contribution in [0.25, 0.3) is 0 Å². The molecule has 0 saturated heterocycles. The molecule has 0 bridgehead atoms. The average Bonchev–Trinajstić information content (AvgIpc) is 2.86. The number of ether oxygens (including phenoxy) is 1. The number of nitrogens with one attached hydrogen (secondary N) is 1. The van der Waals surface area contributed by atoms with Gasteiger partial charge in [0.05, 0.1) is 12.8 Å². The maximum absolute atomic E-state index is 12.2. The molecule has 6 heteroatoms. The number of rotatable bonds is 5. The summed E-state index contributed by atoms with van der Waals surface area (Å²) in [6.07, 6.45) is 0.637. The molecular formula is C16H26N2O3S. The lowest BCUT2D eigenvalue weighted by molar-refractivity contribution is -0.129. The Balaban J connectivity index is 3.18. The van der Waals surface area contributed by atoms with E-state index >= 15 is 0 Å². The molecule has 0 unspecified atom stereocenters. The standard InChI is InChI=1S/C16H26N2O3S/c1-8-10(14(19)18(5)6)17-11-9-12(16(2,3)4)22-13(11)15(20)21-7/h9-10,17H,8H2,1-7H3/t10-/m0/s1. The van der Waals surface area contributed by atoms with E-state index in [-0.39, 0.29) is 23.3 Å². The summed E-state index contributed by atoms with van der Waals surface area (Å²) in [5.41, 5.74) is 0.601. The first kappa shape index (κ1) is 18.5. The van der Waals surface area contributed by atoms with Gasteiger partial charge in [0, 0.05) is 19.0 Å². The van der Waals surface area contributed by atoms with Gasteiger partial charge < -0.3 is 15.0 Å². The van der Waals surface area contributed by atoms with E-state index in [0.29, 0.717) is 17.0 Å². The van der Waals surface area contributed by atoms with E-state index in [2.05, 4.69) is 26.1 Å². The fraction of sp³-hybridized carbons (Fsp3) is 0.625. The van der Waals surface area contributed by atoms with Crippen LogP contribution in [0.15, 0.2) is 6.07 Å². The molecular weight excluding hydrogens is 300 g/mol. The van der Waals surface area contributed by atoms with Gasteiger partial charge in [-0.2, -0.15) is 0 Å². The zero-order valence-corrected chi connectivity index (χ0v) is 15.3. The SMILES string of the molecule is CC[C@H](Nc1cc(C(C)(C)C)sc1C(=O)OC)C(=O)N(C)C. The monoisotopic (exact) mass is 326 g/mol. The molecule has 5 nitrogen and oxygen atoms in total. The molecule has 1 N–H and O–H groups in total. The highest BCUT2D eigenvalue weighted by Gasteiger charge is 2.26. The van der Waals surface area contributed by atoms with Gasteiger partial charge in [-0.3, -0.25) is 4.79 Å². The number of thiophene rings is 1. The molecule has 0 saturated carbocycles. The summed E-state index contributed by atoms with van der Waals surface area (Å²) in [6, 6.07) is 1.59. The van der Waals surface area contributed by atoms with Crippen molar-refractivity contribution in [1.29, 1.82) is 0 Å². The first-order valence-electron chi connectivity index (χ1n) is 7.32. The number of hydrogen-bond donors (Lipinski definition) is 1. The summed E-state index contributed by atoms with van der Waals surface area (Å²) in [5.74, 6) is -0.392. The Labute approximate surface area is 136 Å². The average molecular weight is 326 g/mol. The van der Waals surface area contributed by atoms with E-state index in [1.54, 1.807) is 19.0 Å². The van der Waals surface area contributed by atoms with Crippen LogP contribution in [0.4, 0.5) is 5.69 Å². The molecule has 0 aliphatic carbocycles. The van der Waals surface area contributed by atoms with Gasteiger partial charge in [-0.05, 0) is 17.9 Å². The molecule has 0 aliphatic rings. The molecule has 1 atom stereocenters. The van der Waals surface area contributed by atoms with Crippen molar-refractivity contribution in [3.8, 4) is 0 Å². The zero-order chi connectivity index (χ0) is 17.1. The summed E-state index contributed by atoms with van der Waals surface area (Å²) in [4.78, 5) is 27.3. The summed E-state index contributed by atoms with van der Waals surface area (Å²) < 4.78 is 4.86. The molecule has 0 aromatic carbocycles. The van der Waals surface area contributed by atoms with Crippen molar-refractivity contribution in [2.75, 3.05) is 26.5 Å². The molecule has 0 aliphatic heterocycles. The van der Waals surface area contributed by atoms with Crippen molar-refractivity contribution in [1.82, 2.24) is 4.90 Å². The fourth-order valence-corrected chi connectivity index (χ4v) is 3.05. The van der Waals surface area contributed by atoms with Crippen LogP contribution < -0.4 is 5.32 Å². The first-order chi connectivity index (χ1) is 10.1. The van der Waals surface area contributed by atoms with Gasteiger partial charge in [0.15, 0.2) is 0 Å². The number of amides is 1. The lowest BCUT2D eigenvalue weighted by Crippen LogP contribution is -2.38. The molecule has 0 spiro atoms. The van der Waals surface area contributed by atoms with Crippen molar-refractivity contribution in [2.24, 2.45) is 0 Å². The third-order valence-electron chi connectivity index (χ3n) is 3.32. The number of carbonyl (C=O) groups is 2. The smallest absolute Gasteiger partial charge is 0.350 e. The van der Waals surface area contributed by atoms with E-state index in [9.17, 15) is 9.59 Å². The van der Waals surface area contributed by atoms with Crippen LogP contribution in [0.3, 0.4) is 0 Å². The second-order valence-electron chi connectivity index (χ2n) is 6.43. The van der Waals surface area contributed by atoms with Crippen LogP contribution in [0.5, 0.6) is 0 Å². The Morgan fingerprint density at radius 2 is 1.95 bits per heavy atom. The highest BCUT2D eigenvalue weighted by molar-refractivity contribution is 7.14. The minimum absolute atomic E-state index is 0.0122. The maximum atomic E-state index is 12.2. The second kappa shape index (κ2) is 7.13. The Hall–Kier alpha value is -1.56. The minimum Gasteiger partial charge on any atom is -0.465 e. The van der Waals surface area contributed by atoms with Crippen LogP contribution in [-0.4, -0.2) is 44.0 Å². The van der Waals surface area contributed by atoms with Crippen LogP contribution in [0, 0.1) is 0 Å². The first-order valence-corrected chi connectivity index (χ1v) is 8.13. The van der Waals surface area contributed by atoms with Gasteiger partial charge in [0.1, 0.15) is 10.9 Å². The maximum Gasteiger partial charge on any atom is 0.350 e. The Morgan fingerprint density at radius 3 is 2.36 bits per heavy atom. The van der Waals surface area contributed by atoms with Crippen LogP contribution >= 0.6 is 11.3 Å². The predicted octanol–water partition coefficient (Wildman–Crippen LogP) is 3.11. The minimum atomic E-state index is -0.379. The molecule has 1 rings (SSSR count). The van der Waals surface area contributed by atoms with Crippen molar-refractivity contribution >= 4 is 28.9 Å². The van der Waals surface area contributed by atoms with Crippen molar-refractivity contribution < 1.29 is 14.3 Å². The van der Waals surface area contributed by atoms with Crippen LogP contribution in [0.2, 0.25) is 0 Å². The van der Waals surface area contributed by atoms with E-state index in [1.165, 1.54) is 18.4 Å². The van der Waals surface area contributed by atoms with Gasteiger partial charge >= 0.3 is 5.97 Å². The van der Waals surface area contributed by atoms with Crippen molar-refractivity contribution in [2.45, 2.75) is 45.6 Å². The van der Waals surface area contributed by atoms with Gasteiger partial charge in [0.2, 0.25) is 5.91 Å². The third kappa shape index (κ3) is 4.22. The summed E-state index contributed by atoms with van der Waals surface area (Å²) >= 11 is 1.41. The van der Waals surface area contributed by atoms with Crippen molar-refractivity contribution in [3.05, 3.63) is 15.8 Å². The number of anilines is 1. The molecule has 1 heterocycles. The number of carbonyl (C=O) groups excluding carboxylic acids is 2. The Morgan fingerprint density at radius 1 is 1.36 bits per heavy atom. The highest BCUT2D eigenvalue weighted by Crippen LogP contribution is 2.36. The molecule has 0 fully saturated rings. The highest BCUT2D eigenvalue weighted by atomic mass is 32.1. The van der Waals surface area contributed by atoms with E-state index < -0.39 is 0 Å². The lowest BCUT2D eigenvalue weighted by atomic mass is 9.94. The molecule has 1 aromatic heterocycles. The second-order valence-corrected chi connectivity index (χ2v) is 7.49. The van der Waals surface area contributed by atoms with Gasteiger partial charge in [0.25, 0.3) is 0 Å². The fourth-order valence-electron chi connectivity index (χ4n) is 1.95. The Bertz CT molecular complexity index is 544. The normalized spacial score (nSPS) is 12.7. The number of hydrogen-bond acceptors (Lipinski definition) is 5. The van der Waals surface area contributed by atoms with E-state index in [1.807, 2.05) is 13.0 Å². The lowest BCUT2D eigenvalue weighted by Gasteiger charge is -2.21. The summed E-state index contributed by atoms with van der Waals surface area (Å²) in [5, 5.41) is 3.20. The number of esters is 1.